The summed E-state index contributed by atoms with van der Waals surface area (Å²) in [5.41, 5.74) is 3.34. The van der Waals surface area contributed by atoms with Crippen LogP contribution in [0.3, 0.4) is 0 Å². The van der Waals surface area contributed by atoms with Crippen LogP contribution in [-0.4, -0.2) is 31.9 Å². The first-order valence-corrected chi connectivity index (χ1v) is 11.8. The third-order valence-electron chi connectivity index (χ3n) is 5.37. The molecule has 0 unspecified atom stereocenters. The summed E-state index contributed by atoms with van der Waals surface area (Å²) < 4.78 is 33.4. The lowest BCUT2D eigenvalue weighted by atomic mass is 10.0. The molecule has 0 heterocycles. The van der Waals surface area contributed by atoms with Gasteiger partial charge in [0.2, 0.25) is 10.0 Å². The molecule has 0 aliphatic carbocycles. The molecule has 1 amide bonds. The average Bonchev–Trinajstić information content (AvgIpc) is 2.79. The number of likely N-dealkylation sites (N-methyl/N-ethyl adjacent to an activating group) is 1. The van der Waals surface area contributed by atoms with Gasteiger partial charge in [-0.05, 0) is 50.6 Å². The van der Waals surface area contributed by atoms with Crippen molar-refractivity contribution >= 4 is 21.8 Å². The molecule has 32 heavy (non-hydrogen) atoms. The smallest absolute Gasteiger partial charge is 0.412 e. The van der Waals surface area contributed by atoms with Gasteiger partial charge in [-0.2, -0.15) is 4.31 Å². The summed E-state index contributed by atoms with van der Waals surface area (Å²) in [4.78, 5) is 12.9. The average molecular weight is 453 g/mol. The minimum atomic E-state index is -3.79. The summed E-state index contributed by atoms with van der Waals surface area (Å²) >= 11 is 0. The van der Waals surface area contributed by atoms with Crippen LogP contribution in [0.25, 0.3) is 0 Å². The fourth-order valence-electron chi connectivity index (χ4n) is 3.27. The van der Waals surface area contributed by atoms with Crippen molar-refractivity contribution in [3.63, 3.8) is 0 Å². The molecule has 1 N–H and O–H groups in total. The molecule has 0 spiro atoms. The van der Waals surface area contributed by atoms with Crippen LogP contribution in [0.2, 0.25) is 0 Å². The second-order valence-corrected chi connectivity index (χ2v) is 9.80. The van der Waals surface area contributed by atoms with Crippen molar-refractivity contribution in [2.24, 2.45) is 0 Å². The lowest BCUT2D eigenvalue weighted by Crippen LogP contribution is -2.40. The highest BCUT2D eigenvalue weighted by Gasteiger charge is 2.33. The lowest BCUT2D eigenvalue weighted by molar-refractivity contribution is 0.0724. The molecule has 0 aromatic heterocycles. The first-order valence-electron chi connectivity index (χ1n) is 10.3. The number of anilines is 1. The molecule has 3 aromatic rings. The number of benzene rings is 3. The van der Waals surface area contributed by atoms with E-state index in [9.17, 15) is 13.2 Å². The van der Waals surface area contributed by atoms with Gasteiger partial charge < -0.3 is 4.74 Å². The van der Waals surface area contributed by atoms with Gasteiger partial charge >= 0.3 is 6.09 Å². The Morgan fingerprint density at radius 3 is 1.97 bits per heavy atom. The number of carbonyl (C=O) groups is 1. The Bertz CT molecular complexity index is 1140. The molecule has 0 fully saturated rings. The normalized spacial score (nSPS) is 13.4. The van der Waals surface area contributed by atoms with E-state index < -0.39 is 28.3 Å². The van der Waals surface area contributed by atoms with Crippen LogP contribution in [0.5, 0.6) is 0 Å². The molecular weight excluding hydrogens is 424 g/mol. The standard InChI is InChI=1S/C25H28N2O4S/c1-18-10-14-22(15-11-18)26-25(28)31-24(21-8-6-5-7-9-21)20(3)27(4)32(29,30)23-16-12-19(2)13-17-23/h5-17,20,24H,1-4H3,(H,26,28)/t20-,24+/m0/s1. The molecule has 0 bridgehead atoms. The summed E-state index contributed by atoms with van der Waals surface area (Å²) in [6.45, 7) is 5.58. The van der Waals surface area contributed by atoms with Gasteiger partial charge in [-0.15, -0.1) is 0 Å². The Morgan fingerprint density at radius 2 is 1.41 bits per heavy atom. The number of nitrogens with zero attached hydrogens (tertiary/aromatic N) is 1. The van der Waals surface area contributed by atoms with E-state index in [1.165, 1.54) is 11.4 Å². The first kappa shape index (κ1) is 23.5. The van der Waals surface area contributed by atoms with Gasteiger partial charge in [-0.25, -0.2) is 13.2 Å². The number of nitrogens with one attached hydrogen (secondary N) is 1. The molecule has 3 rings (SSSR count). The van der Waals surface area contributed by atoms with Gasteiger partial charge in [-0.3, -0.25) is 5.32 Å². The molecule has 0 aliphatic rings. The van der Waals surface area contributed by atoms with Gasteiger partial charge in [-0.1, -0.05) is 65.7 Å². The topological polar surface area (TPSA) is 75.7 Å². The molecule has 6 nitrogen and oxygen atoms in total. The third kappa shape index (κ3) is 5.55. The maximum absolute atomic E-state index is 13.2. The summed E-state index contributed by atoms with van der Waals surface area (Å²) in [6.07, 6.45) is -1.47. The molecule has 2 atom stereocenters. The van der Waals surface area contributed by atoms with Crippen LogP contribution in [0, 0.1) is 13.8 Å². The van der Waals surface area contributed by atoms with Gasteiger partial charge in [0.1, 0.15) is 6.10 Å². The Morgan fingerprint density at radius 1 is 0.875 bits per heavy atom. The van der Waals surface area contributed by atoms with Crippen molar-refractivity contribution in [2.45, 2.75) is 37.8 Å². The fourth-order valence-corrected chi connectivity index (χ4v) is 4.63. The number of amides is 1. The van der Waals surface area contributed by atoms with Crippen LogP contribution in [0.1, 0.15) is 29.7 Å². The van der Waals surface area contributed by atoms with Crippen LogP contribution in [0.15, 0.2) is 83.8 Å². The Kier molecular flexibility index (Phi) is 7.33. The highest BCUT2D eigenvalue weighted by Crippen LogP contribution is 2.29. The summed E-state index contributed by atoms with van der Waals surface area (Å²) in [5, 5.41) is 2.71. The van der Waals surface area contributed by atoms with Crippen LogP contribution in [-0.2, 0) is 14.8 Å². The van der Waals surface area contributed by atoms with E-state index >= 15 is 0 Å². The van der Waals surface area contributed by atoms with Crippen LogP contribution < -0.4 is 5.32 Å². The summed E-state index contributed by atoms with van der Waals surface area (Å²) in [6, 6.07) is 22.5. The minimum Gasteiger partial charge on any atom is -0.439 e. The largest absolute Gasteiger partial charge is 0.439 e. The van der Waals surface area contributed by atoms with Gasteiger partial charge in [0.25, 0.3) is 0 Å². The van der Waals surface area contributed by atoms with Crippen molar-refractivity contribution in [1.29, 1.82) is 0 Å². The third-order valence-corrected chi connectivity index (χ3v) is 7.33. The molecule has 0 saturated carbocycles. The minimum absolute atomic E-state index is 0.188. The number of rotatable bonds is 7. The Labute approximate surface area is 189 Å². The van der Waals surface area contributed by atoms with E-state index in [0.29, 0.717) is 11.3 Å². The van der Waals surface area contributed by atoms with Gasteiger partial charge in [0.15, 0.2) is 0 Å². The van der Waals surface area contributed by atoms with Crippen LogP contribution in [0.4, 0.5) is 10.5 Å². The van der Waals surface area contributed by atoms with E-state index in [4.69, 9.17) is 4.74 Å². The van der Waals surface area contributed by atoms with Gasteiger partial charge in [0.05, 0.1) is 10.9 Å². The zero-order valence-corrected chi connectivity index (χ0v) is 19.5. The predicted octanol–water partition coefficient (Wildman–Crippen LogP) is 5.30. The Balaban J connectivity index is 1.85. The number of hydrogen-bond acceptors (Lipinski definition) is 4. The van der Waals surface area contributed by atoms with Crippen molar-refractivity contribution in [1.82, 2.24) is 4.31 Å². The Hall–Kier alpha value is -3.16. The second kappa shape index (κ2) is 9.97. The monoisotopic (exact) mass is 452 g/mol. The first-order chi connectivity index (χ1) is 15.2. The maximum atomic E-state index is 13.2. The number of hydrogen-bond donors (Lipinski definition) is 1. The number of sulfonamides is 1. The van der Waals surface area contributed by atoms with Crippen LogP contribution >= 0.6 is 0 Å². The van der Waals surface area contributed by atoms with E-state index in [0.717, 1.165) is 11.1 Å². The van der Waals surface area contributed by atoms with E-state index in [2.05, 4.69) is 5.32 Å². The highest BCUT2D eigenvalue weighted by atomic mass is 32.2. The van der Waals surface area contributed by atoms with E-state index in [1.807, 2.05) is 56.3 Å². The molecule has 0 radical (unpaired) electrons. The van der Waals surface area contributed by atoms with Crippen molar-refractivity contribution in [3.8, 4) is 0 Å². The number of aryl methyl sites for hydroxylation is 2. The zero-order valence-electron chi connectivity index (χ0n) is 18.6. The summed E-state index contributed by atoms with van der Waals surface area (Å²) in [5.74, 6) is 0. The van der Waals surface area contributed by atoms with E-state index in [-0.39, 0.29) is 4.90 Å². The number of ether oxygens (including phenoxy) is 1. The van der Waals surface area contributed by atoms with Crippen molar-refractivity contribution in [2.75, 3.05) is 12.4 Å². The van der Waals surface area contributed by atoms with Gasteiger partial charge in [0, 0.05) is 12.7 Å². The number of carbonyl (C=O) groups excluding carboxylic acids is 1. The quantitative estimate of drug-likeness (QED) is 0.528. The molecular formula is C25H28N2O4S. The lowest BCUT2D eigenvalue weighted by Gasteiger charge is -2.31. The highest BCUT2D eigenvalue weighted by molar-refractivity contribution is 7.89. The molecule has 168 valence electrons. The molecule has 0 saturated heterocycles. The fraction of sp³-hybridized carbons (Fsp3) is 0.240. The SMILES string of the molecule is Cc1ccc(NC(=O)O[C@@H](c2ccccc2)[C@H](C)N(C)S(=O)(=O)c2ccc(C)cc2)cc1. The zero-order chi connectivity index (χ0) is 23.3. The van der Waals surface area contributed by atoms with E-state index in [1.54, 1.807) is 43.3 Å². The predicted molar refractivity (Wildman–Crippen MR) is 126 cm³/mol. The van der Waals surface area contributed by atoms with Crippen molar-refractivity contribution in [3.05, 3.63) is 95.6 Å². The van der Waals surface area contributed by atoms with Crippen molar-refractivity contribution < 1.29 is 17.9 Å². The molecule has 0 aliphatic heterocycles. The molecule has 3 aromatic carbocycles. The second-order valence-electron chi connectivity index (χ2n) is 7.80. The molecule has 7 heteroatoms. The maximum Gasteiger partial charge on any atom is 0.412 e. The summed E-state index contributed by atoms with van der Waals surface area (Å²) in [7, 11) is -2.29.